The number of benzene rings is 2. The molecule has 132 valence electrons. The monoisotopic (exact) mass is 339 g/mol. The summed E-state index contributed by atoms with van der Waals surface area (Å²) in [7, 11) is 4.02. The Balaban J connectivity index is 2.13. The van der Waals surface area contributed by atoms with Crippen molar-refractivity contribution in [3.63, 3.8) is 0 Å². The lowest BCUT2D eigenvalue weighted by Crippen LogP contribution is -2.12. The van der Waals surface area contributed by atoms with Crippen LogP contribution in [-0.4, -0.2) is 31.6 Å². The number of hydrogen-bond acceptors (Lipinski definition) is 4. The lowest BCUT2D eigenvalue weighted by molar-refractivity contribution is -0.137. The van der Waals surface area contributed by atoms with Gasteiger partial charge in [-0.25, -0.2) is 4.79 Å². The molecule has 0 N–H and O–H groups in total. The first kappa shape index (κ1) is 18.7. The summed E-state index contributed by atoms with van der Waals surface area (Å²) in [5.74, 6) is 0.483. The highest BCUT2D eigenvalue weighted by Gasteiger charge is 2.06. The van der Waals surface area contributed by atoms with Crippen LogP contribution in [0.3, 0.4) is 0 Å². The molecule has 2 aromatic carbocycles. The second-order valence-electron chi connectivity index (χ2n) is 5.96. The van der Waals surface area contributed by atoms with Crippen molar-refractivity contribution in [3.8, 4) is 5.75 Å². The van der Waals surface area contributed by atoms with Gasteiger partial charge in [0.15, 0.2) is 0 Å². The molecule has 4 heteroatoms. The number of carbonyl (C=O) groups is 1. The fraction of sp³-hybridized carbons (Fsp3) is 0.286. The SMILES string of the molecule is CCOC(=O)C=Cc1ccc(OCc2ccccc2)cc1CN(C)C. The molecule has 0 unspecified atom stereocenters. The third-order valence-corrected chi connectivity index (χ3v) is 3.53. The summed E-state index contributed by atoms with van der Waals surface area (Å²) in [6.45, 7) is 3.45. The van der Waals surface area contributed by atoms with Gasteiger partial charge in [-0.1, -0.05) is 36.4 Å². The van der Waals surface area contributed by atoms with E-state index in [9.17, 15) is 4.79 Å². The predicted octanol–water partition coefficient (Wildman–Crippen LogP) is 3.90. The average molecular weight is 339 g/mol. The fourth-order valence-corrected chi connectivity index (χ4v) is 2.40. The third-order valence-electron chi connectivity index (χ3n) is 3.53. The molecule has 0 fully saturated rings. The second kappa shape index (κ2) is 9.64. The molecule has 0 heterocycles. The largest absolute Gasteiger partial charge is 0.489 e. The first-order valence-electron chi connectivity index (χ1n) is 8.37. The molecule has 2 rings (SSSR count). The first-order chi connectivity index (χ1) is 12.1. The molecular weight excluding hydrogens is 314 g/mol. The van der Waals surface area contributed by atoms with E-state index in [1.807, 2.05) is 62.6 Å². The number of carbonyl (C=O) groups excluding carboxylic acids is 1. The van der Waals surface area contributed by atoms with E-state index in [0.29, 0.717) is 13.2 Å². The van der Waals surface area contributed by atoms with Crippen LogP contribution in [0.1, 0.15) is 23.6 Å². The van der Waals surface area contributed by atoms with E-state index < -0.39 is 0 Å². The molecule has 4 nitrogen and oxygen atoms in total. The van der Waals surface area contributed by atoms with Crippen molar-refractivity contribution in [2.45, 2.75) is 20.1 Å². The van der Waals surface area contributed by atoms with Gasteiger partial charge in [0.2, 0.25) is 0 Å². The maximum absolute atomic E-state index is 11.5. The summed E-state index contributed by atoms with van der Waals surface area (Å²) in [5.41, 5.74) is 3.20. The molecule has 0 aliphatic carbocycles. The van der Waals surface area contributed by atoms with Crippen molar-refractivity contribution in [2.75, 3.05) is 20.7 Å². The minimum absolute atomic E-state index is 0.331. The Morgan fingerprint density at radius 2 is 1.88 bits per heavy atom. The highest BCUT2D eigenvalue weighted by molar-refractivity contribution is 5.87. The molecule has 0 aliphatic rings. The second-order valence-corrected chi connectivity index (χ2v) is 5.96. The van der Waals surface area contributed by atoms with E-state index in [0.717, 1.165) is 29.0 Å². The number of esters is 1. The molecule has 0 bridgehead atoms. The van der Waals surface area contributed by atoms with Crippen molar-refractivity contribution in [3.05, 3.63) is 71.3 Å². The molecule has 0 spiro atoms. The van der Waals surface area contributed by atoms with Crippen molar-refractivity contribution >= 4 is 12.0 Å². The summed E-state index contributed by atoms with van der Waals surface area (Å²) < 4.78 is 10.8. The van der Waals surface area contributed by atoms with E-state index in [-0.39, 0.29) is 5.97 Å². The van der Waals surface area contributed by atoms with Crippen molar-refractivity contribution in [2.24, 2.45) is 0 Å². The van der Waals surface area contributed by atoms with Crippen LogP contribution in [0, 0.1) is 0 Å². The molecule has 2 aromatic rings. The Hall–Kier alpha value is -2.59. The Morgan fingerprint density at radius 3 is 2.56 bits per heavy atom. The van der Waals surface area contributed by atoms with E-state index in [1.165, 1.54) is 6.08 Å². The zero-order chi connectivity index (χ0) is 18.1. The Labute approximate surface area is 149 Å². The minimum Gasteiger partial charge on any atom is -0.489 e. The van der Waals surface area contributed by atoms with Gasteiger partial charge in [-0.05, 0) is 55.9 Å². The molecule has 0 amide bonds. The van der Waals surface area contributed by atoms with Crippen LogP contribution in [0.15, 0.2) is 54.6 Å². The van der Waals surface area contributed by atoms with Gasteiger partial charge < -0.3 is 14.4 Å². The number of ether oxygens (including phenoxy) is 2. The number of rotatable bonds is 8. The molecule has 0 atom stereocenters. The molecule has 25 heavy (non-hydrogen) atoms. The highest BCUT2D eigenvalue weighted by Crippen LogP contribution is 2.21. The summed E-state index contributed by atoms with van der Waals surface area (Å²) in [5, 5.41) is 0. The molecule has 0 aliphatic heterocycles. The smallest absolute Gasteiger partial charge is 0.330 e. The Morgan fingerprint density at radius 1 is 1.12 bits per heavy atom. The van der Waals surface area contributed by atoms with Crippen LogP contribution in [0.5, 0.6) is 5.75 Å². The van der Waals surface area contributed by atoms with Gasteiger partial charge in [0, 0.05) is 12.6 Å². The van der Waals surface area contributed by atoms with Gasteiger partial charge in [0.25, 0.3) is 0 Å². The topological polar surface area (TPSA) is 38.8 Å². The Kier molecular flexibility index (Phi) is 7.23. The minimum atomic E-state index is -0.331. The van der Waals surface area contributed by atoms with Gasteiger partial charge >= 0.3 is 5.97 Å². The lowest BCUT2D eigenvalue weighted by atomic mass is 10.1. The summed E-state index contributed by atoms with van der Waals surface area (Å²) in [6, 6.07) is 16.0. The van der Waals surface area contributed by atoms with E-state index in [4.69, 9.17) is 9.47 Å². The van der Waals surface area contributed by atoms with Crippen LogP contribution < -0.4 is 4.74 Å². The molecular formula is C21H25NO3. The van der Waals surface area contributed by atoms with Crippen LogP contribution in [0.2, 0.25) is 0 Å². The maximum Gasteiger partial charge on any atom is 0.330 e. The van der Waals surface area contributed by atoms with Crippen molar-refractivity contribution < 1.29 is 14.3 Å². The number of hydrogen-bond donors (Lipinski definition) is 0. The zero-order valence-electron chi connectivity index (χ0n) is 15.1. The lowest BCUT2D eigenvalue weighted by Gasteiger charge is -2.15. The summed E-state index contributed by atoms with van der Waals surface area (Å²) in [6.07, 6.45) is 3.25. The van der Waals surface area contributed by atoms with E-state index in [2.05, 4.69) is 4.90 Å². The highest BCUT2D eigenvalue weighted by atomic mass is 16.5. The maximum atomic E-state index is 11.5. The first-order valence-corrected chi connectivity index (χ1v) is 8.37. The van der Waals surface area contributed by atoms with E-state index >= 15 is 0 Å². The van der Waals surface area contributed by atoms with Crippen molar-refractivity contribution in [1.82, 2.24) is 4.90 Å². The normalized spacial score (nSPS) is 11.0. The quantitative estimate of drug-likeness (QED) is 0.540. The zero-order valence-corrected chi connectivity index (χ0v) is 15.1. The number of nitrogens with zero attached hydrogens (tertiary/aromatic N) is 1. The van der Waals surface area contributed by atoms with Crippen LogP contribution >= 0.6 is 0 Å². The standard InChI is InChI=1S/C21H25NO3/c1-4-24-21(23)13-11-18-10-12-20(14-19(18)15-22(2)3)25-16-17-8-6-5-7-9-17/h5-14H,4,15-16H2,1-3H3. The van der Waals surface area contributed by atoms with Gasteiger partial charge in [-0.15, -0.1) is 0 Å². The third kappa shape index (κ3) is 6.43. The molecule has 0 saturated heterocycles. The fourth-order valence-electron chi connectivity index (χ4n) is 2.40. The van der Waals surface area contributed by atoms with Gasteiger partial charge in [0.1, 0.15) is 12.4 Å². The van der Waals surface area contributed by atoms with Crippen molar-refractivity contribution in [1.29, 1.82) is 0 Å². The molecule has 0 radical (unpaired) electrons. The van der Waals surface area contributed by atoms with Gasteiger partial charge in [0.05, 0.1) is 6.61 Å². The van der Waals surface area contributed by atoms with Crippen LogP contribution in [0.4, 0.5) is 0 Å². The molecule has 0 saturated carbocycles. The Bertz CT molecular complexity index is 708. The summed E-state index contributed by atoms with van der Waals surface area (Å²) in [4.78, 5) is 13.6. The van der Waals surface area contributed by atoms with Crippen LogP contribution in [0.25, 0.3) is 6.08 Å². The van der Waals surface area contributed by atoms with Gasteiger partial charge in [-0.3, -0.25) is 0 Å². The molecule has 0 aromatic heterocycles. The predicted molar refractivity (Wildman–Crippen MR) is 100 cm³/mol. The van der Waals surface area contributed by atoms with Crippen LogP contribution in [-0.2, 0) is 22.7 Å². The summed E-state index contributed by atoms with van der Waals surface area (Å²) >= 11 is 0. The average Bonchev–Trinajstić information content (AvgIpc) is 2.60. The van der Waals surface area contributed by atoms with Gasteiger partial charge in [-0.2, -0.15) is 0 Å². The van der Waals surface area contributed by atoms with E-state index in [1.54, 1.807) is 13.0 Å².